The van der Waals surface area contributed by atoms with Crippen LogP contribution in [-0.4, -0.2) is 54.7 Å². The average molecular weight is 482 g/mol. The number of esters is 1. The first-order valence-corrected chi connectivity index (χ1v) is 11.5. The number of amides is 1. The summed E-state index contributed by atoms with van der Waals surface area (Å²) in [6, 6.07) is 13.7. The summed E-state index contributed by atoms with van der Waals surface area (Å²) in [7, 11) is 0. The van der Waals surface area contributed by atoms with E-state index in [0.29, 0.717) is 44.2 Å². The van der Waals surface area contributed by atoms with Crippen molar-refractivity contribution in [3.05, 3.63) is 76.9 Å². The van der Waals surface area contributed by atoms with Gasteiger partial charge >= 0.3 is 5.97 Å². The zero-order valence-electron chi connectivity index (χ0n) is 19.8. The summed E-state index contributed by atoms with van der Waals surface area (Å²) < 4.78 is 30.1. The van der Waals surface area contributed by atoms with Crippen molar-refractivity contribution in [1.82, 2.24) is 10.1 Å². The Hall–Kier alpha value is -3.88. The molecule has 0 N–H and O–H groups in total. The lowest BCUT2D eigenvalue weighted by Gasteiger charge is -2.36. The molecule has 8 nitrogen and oxygen atoms in total. The van der Waals surface area contributed by atoms with E-state index in [1.807, 2.05) is 18.7 Å². The standard InChI is InChI=1S/C26H28FN3O5/c1-18-22(19(2)35-28-18)16-33-21-9-7-20(8-10-21)15-26(32)34-17-25(31)30-13-11-29(12-14-30)24-6-4-3-5-23(24)27/h3-10H,11-17H2,1-2H3. The lowest BCUT2D eigenvalue weighted by molar-refractivity contribution is -0.151. The second kappa shape index (κ2) is 11.0. The third kappa shape index (κ3) is 6.17. The minimum atomic E-state index is -0.479. The van der Waals surface area contributed by atoms with Crippen molar-refractivity contribution < 1.29 is 28.0 Å². The topological polar surface area (TPSA) is 85.1 Å². The molecule has 9 heteroatoms. The smallest absolute Gasteiger partial charge is 0.310 e. The summed E-state index contributed by atoms with van der Waals surface area (Å²) in [4.78, 5) is 28.2. The number of anilines is 1. The van der Waals surface area contributed by atoms with Gasteiger partial charge in [-0.15, -0.1) is 0 Å². The summed E-state index contributed by atoms with van der Waals surface area (Å²) in [5, 5.41) is 3.90. The van der Waals surface area contributed by atoms with Crippen LogP contribution in [0.25, 0.3) is 0 Å². The molecule has 1 aliphatic heterocycles. The molecule has 0 aliphatic carbocycles. The van der Waals surface area contributed by atoms with E-state index in [1.165, 1.54) is 6.07 Å². The first kappa shape index (κ1) is 24.3. The molecule has 2 aromatic carbocycles. The third-order valence-electron chi connectivity index (χ3n) is 6.02. The summed E-state index contributed by atoms with van der Waals surface area (Å²) in [5.74, 6) is 0.374. The minimum absolute atomic E-state index is 0.0541. The number of hydrogen-bond acceptors (Lipinski definition) is 7. The number of carbonyl (C=O) groups excluding carboxylic acids is 2. The molecule has 1 aliphatic rings. The van der Waals surface area contributed by atoms with Gasteiger partial charge in [0.1, 0.15) is 23.9 Å². The van der Waals surface area contributed by atoms with E-state index in [1.54, 1.807) is 47.4 Å². The predicted molar refractivity (Wildman–Crippen MR) is 127 cm³/mol. The van der Waals surface area contributed by atoms with Crippen molar-refractivity contribution in [2.45, 2.75) is 26.9 Å². The van der Waals surface area contributed by atoms with Crippen LogP contribution in [0.4, 0.5) is 10.1 Å². The Morgan fingerprint density at radius 3 is 2.40 bits per heavy atom. The fourth-order valence-corrected chi connectivity index (χ4v) is 3.92. The quantitative estimate of drug-likeness (QED) is 0.456. The molecule has 0 saturated carbocycles. The maximum atomic E-state index is 14.0. The van der Waals surface area contributed by atoms with E-state index in [9.17, 15) is 14.0 Å². The molecule has 0 spiro atoms. The van der Waals surface area contributed by atoms with E-state index < -0.39 is 5.97 Å². The molecule has 2 heterocycles. The first-order valence-electron chi connectivity index (χ1n) is 11.5. The highest BCUT2D eigenvalue weighted by Gasteiger charge is 2.23. The fourth-order valence-electron chi connectivity index (χ4n) is 3.92. The number of aryl methyl sites for hydroxylation is 2. The van der Waals surface area contributed by atoms with Gasteiger partial charge in [-0.1, -0.05) is 29.4 Å². The van der Waals surface area contributed by atoms with Crippen LogP contribution in [-0.2, 0) is 27.4 Å². The van der Waals surface area contributed by atoms with Crippen molar-refractivity contribution in [2.75, 3.05) is 37.7 Å². The average Bonchev–Trinajstić information content (AvgIpc) is 3.19. The van der Waals surface area contributed by atoms with E-state index >= 15 is 0 Å². The first-order chi connectivity index (χ1) is 16.9. The van der Waals surface area contributed by atoms with Gasteiger partial charge in [0.05, 0.1) is 23.4 Å². The highest BCUT2D eigenvalue weighted by Crippen LogP contribution is 2.21. The lowest BCUT2D eigenvalue weighted by Crippen LogP contribution is -2.50. The number of carbonyl (C=O) groups is 2. The number of rotatable bonds is 8. The van der Waals surface area contributed by atoms with E-state index in [0.717, 1.165) is 22.6 Å². The summed E-state index contributed by atoms with van der Waals surface area (Å²) in [5.41, 5.74) is 3.00. The molecular formula is C26H28FN3O5. The van der Waals surface area contributed by atoms with Crippen molar-refractivity contribution in [3.8, 4) is 5.75 Å². The van der Waals surface area contributed by atoms with Crippen LogP contribution in [0.15, 0.2) is 53.1 Å². The Kier molecular flexibility index (Phi) is 7.64. The van der Waals surface area contributed by atoms with Gasteiger partial charge in [0.15, 0.2) is 6.61 Å². The maximum Gasteiger partial charge on any atom is 0.310 e. The molecule has 1 saturated heterocycles. The van der Waals surface area contributed by atoms with Gasteiger partial charge in [0.25, 0.3) is 5.91 Å². The molecule has 0 bridgehead atoms. The van der Waals surface area contributed by atoms with E-state index in [2.05, 4.69) is 5.16 Å². The van der Waals surface area contributed by atoms with Gasteiger partial charge in [0.2, 0.25) is 0 Å². The number of para-hydroxylation sites is 1. The predicted octanol–water partition coefficient (Wildman–Crippen LogP) is 3.44. The second-order valence-corrected chi connectivity index (χ2v) is 8.39. The molecule has 0 unspecified atom stereocenters. The van der Waals surface area contributed by atoms with Crippen molar-refractivity contribution in [2.24, 2.45) is 0 Å². The van der Waals surface area contributed by atoms with Gasteiger partial charge < -0.3 is 23.8 Å². The molecular weight excluding hydrogens is 453 g/mol. The fraction of sp³-hybridized carbons (Fsp3) is 0.346. The number of ether oxygens (including phenoxy) is 2. The molecule has 0 atom stereocenters. The summed E-state index contributed by atoms with van der Waals surface area (Å²) in [6.45, 7) is 5.66. The molecule has 1 aromatic heterocycles. The van der Waals surface area contributed by atoms with E-state index in [4.69, 9.17) is 14.0 Å². The Labute approximate surface area is 203 Å². The molecule has 3 aromatic rings. The molecule has 1 fully saturated rings. The number of hydrogen-bond donors (Lipinski definition) is 0. The number of benzene rings is 2. The van der Waals surface area contributed by atoms with Gasteiger partial charge in [-0.25, -0.2) is 4.39 Å². The zero-order chi connectivity index (χ0) is 24.8. The number of nitrogens with zero attached hydrogens (tertiary/aromatic N) is 3. The largest absolute Gasteiger partial charge is 0.489 e. The minimum Gasteiger partial charge on any atom is -0.489 e. The second-order valence-electron chi connectivity index (χ2n) is 8.39. The Morgan fingerprint density at radius 2 is 1.74 bits per heavy atom. The van der Waals surface area contributed by atoms with Crippen LogP contribution in [0.3, 0.4) is 0 Å². The SMILES string of the molecule is Cc1noc(C)c1COc1ccc(CC(=O)OCC(=O)N2CCN(c3ccccc3F)CC2)cc1. The van der Waals surface area contributed by atoms with Crippen molar-refractivity contribution in [3.63, 3.8) is 0 Å². The van der Waals surface area contributed by atoms with Crippen LogP contribution in [0.2, 0.25) is 0 Å². The maximum absolute atomic E-state index is 14.0. The zero-order valence-corrected chi connectivity index (χ0v) is 19.8. The molecule has 1 amide bonds. The Morgan fingerprint density at radius 1 is 1.03 bits per heavy atom. The van der Waals surface area contributed by atoms with Gasteiger partial charge in [0, 0.05) is 26.2 Å². The van der Waals surface area contributed by atoms with Crippen molar-refractivity contribution >= 4 is 17.6 Å². The van der Waals surface area contributed by atoms with Crippen LogP contribution in [0, 0.1) is 19.7 Å². The summed E-state index contributed by atoms with van der Waals surface area (Å²) in [6.07, 6.45) is 0.0541. The molecule has 184 valence electrons. The van der Waals surface area contributed by atoms with Crippen LogP contribution < -0.4 is 9.64 Å². The molecule has 4 rings (SSSR count). The Bertz CT molecular complexity index is 1150. The Balaban J connectivity index is 1.18. The van der Waals surface area contributed by atoms with Gasteiger partial charge in [-0.3, -0.25) is 9.59 Å². The third-order valence-corrected chi connectivity index (χ3v) is 6.02. The van der Waals surface area contributed by atoms with Crippen LogP contribution in [0.5, 0.6) is 5.75 Å². The number of aromatic nitrogens is 1. The number of piperazine rings is 1. The van der Waals surface area contributed by atoms with Gasteiger partial charge in [-0.2, -0.15) is 0 Å². The van der Waals surface area contributed by atoms with E-state index in [-0.39, 0.29) is 24.8 Å². The monoisotopic (exact) mass is 481 g/mol. The summed E-state index contributed by atoms with van der Waals surface area (Å²) >= 11 is 0. The highest BCUT2D eigenvalue weighted by atomic mass is 19.1. The van der Waals surface area contributed by atoms with Crippen LogP contribution in [0.1, 0.15) is 22.6 Å². The molecule has 0 radical (unpaired) electrons. The molecule has 35 heavy (non-hydrogen) atoms. The number of halogens is 1. The van der Waals surface area contributed by atoms with Crippen LogP contribution >= 0.6 is 0 Å². The normalized spacial score (nSPS) is 13.6. The van der Waals surface area contributed by atoms with Gasteiger partial charge in [-0.05, 0) is 43.7 Å². The highest BCUT2D eigenvalue weighted by molar-refractivity contribution is 5.81. The van der Waals surface area contributed by atoms with Crippen molar-refractivity contribution in [1.29, 1.82) is 0 Å². The lowest BCUT2D eigenvalue weighted by atomic mass is 10.1.